The zero-order chi connectivity index (χ0) is 24.1. The van der Waals surface area contributed by atoms with E-state index in [4.69, 9.17) is 9.47 Å². The largest absolute Gasteiger partial charge is 0.494 e. The minimum atomic E-state index is -0.832. The van der Waals surface area contributed by atoms with E-state index in [2.05, 4.69) is 53.7 Å². The number of rotatable bonds is 10. The Bertz CT molecular complexity index is 920. The van der Waals surface area contributed by atoms with E-state index in [1.54, 1.807) is 24.3 Å². The smallest absolute Gasteiger partial charge is 0.291 e. The lowest BCUT2D eigenvalue weighted by atomic mass is 9.76. The van der Waals surface area contributed by atoms with Gasteiger partial charge in [0.15, 0.2) is 6.10 Å². The number of ether oxygens (including phenoxy) is 2. The lowest BCUT2D eigenvalue weighted by Crippen LogP contribution is -2.40. The highest BCUT2D eigenvalue weighted by molar-refractivity contribution is 5.95. The molecule has 2 aromatic rings. The zero-order valence-corrected chi connectivity index (χ0v) is 20.9. The summed E-state index contributed by atoms with van der Waals surface area (Å²) in [6.07, 6.45) is 1.53. The number of para-hydroxylation sites is 2. The Morgan fingerprint density at radius 1 is 0.969 bits per heavy atom. The van der Waals surface area contributed by atoms with E-state index in [0.717, 1.165) is 18.4 Å². The number of hydroxylamine groups is 1. The van der Waals surface area contributed by atoms with Crippen molar-refractivity contribution in [2.75, 3.05) is 12.2 Å². The molecule has 0 saturated carbocycles. The van der Waals surface area contributed by atoms with Crippen molar-refractivity contribution in [3.8, 4) is 11.5 Å². The first-order chi connectivity index (χ1) is 15.0. The summed E-state index contributed by atoms with van der Waals surface area (Å²) >= 11 is 0. The summed E-state index contributed by atoms with van der Waals surface area (Å²) in [5.74, 6) is 0.563. The lowest BCUT2D eigenvalue weighted by Gasteiger charge is -2.32. The number of anilines is 1. The van der Waals surface area contributed by atoms with Gasteiger partial charge in [-0.1, -0.05) is 72.7 Å². The molecule has 32 heavy (non-hydrogen) atoms. The topological polar surface area (TPSA) is 59.0 Å². The van der Waals surface area contributed by atoms with Crippen LogP contribution in [0.2, 0.25) is 0 Å². The number of benzene rings is 2. The fourth-order valence-electron chi connectivity index (χ4n) is 3.50. The first-order valence-corrected chi connectivity index (χ1v) is 11.5. The Morgan fingerprint density at radius 3 is 2.16 bits per heavy atom. The average Bonchev–Trinajstić information content (AvgIpc) is 2.81. The highest BCUT2D eigenvalue weighted by Crippen LogP contribution is 2.39. The van der Waals surface area contributed by atoms with E-state index < -0.39 is 12.0 Å². The summed E-state index contributed by atoms with van der Waals surface area (Å²) in [6, 6.07) is 13.1. The third-order valence-electron chi connectivity index (χ3n) is 6.70. The summed E-state index contributed by atoms with van der Waals surface area (Å²) < 4.78 is 11.6. The fourth-order valence-corrected chi connectivity index (χ4v) is 3.50. The number of carbonyl (C=O) groups is 1. The van der Waals surface area contributed by atoms with Crippen LogP contribution >= 0.6 is 0 Å². The van der Waals surface area contributed by atoms with Crippen molar-refractivity contribution in [1.29, 1.82) is 0 Å². The van der Waals surface area contributed by atoms with Crippen LogP contribution in [0.25, 0.3) is 0 Å². The number of nitrogens with zero attached hydrogens (tertiary/aromatic N) is 1. The molecule has 2 aromatic carbocycles. The van der Waals surface area contributed by atoms with Gasteiger partial charge < -0.3 is 9.47 Å². The van der Waals surface area contributed by atoms with Gasteiger partial charge in [-0.25, -0.2) is 0 Å². The van der Waals surface area contributed by atoms with E-state index in [-0.39, 0.29) is 16.5 Å². The van der Waals surface area contributed by atoms with Crippen LogP contribution in [-0.4, -0.2) is 24.3 Å². The normalized spacial score (nSPS) is 12.9. The van der Waals surface area contributed by atoms with Gasteiger partial charge in [-0.3, -0.25) is 10.0 Å². The Labute approximate surface area is 193 Å². The molecule has 2 rings (SSSR count). The molecule has 0 saturated heterocycles. The second-order valence-corrected chi connectivity index (χ2v) is 9.52. The van der Waals surface area contributed by atoms with Crippen LogP contribution in [0, 0.1) is 0 Å². The van der Waals surface area contributed by atoms with Gasteiger partial charge in [0, 0.05) is 5.56 Å². The molecule has 0 aliphatic carbocycles. The molecule has 0 aliphatic heterocycles. The Morgan fingerprint density at radius 2 is 1.59 bits per heavy atom. The second kappa shape index (κ2) is 10.4. The standard InChI is InChI=1S/C27H39NO4/c1-9-22(25(29)28(30)21-14-12-13-15-24(21)31-8)32-23-17-16-19(26(4,5)10-2)18-20(23)27(6,7)11-3/h12-18,22,30H,9-11H2,1-8H3. The molecule has 5 heteroatoms. The van der Waals surface area contributed by atoms with Crippen LogP contribution in [-0.2, 0) is 15.6 Å². The first kappa shape index (κ1) is 25.7. The second-order valence-electron chi connectivity index (χ2n) is 9.52. The molecule has 0 heterocycles. The molecule has 0 aliphatic rings. The summed E-state index contributed by atoms with van der Waals surface area (Å²) in [7, 11) is 1.50. The SMILES string of the molecule is CCC(Oc1ccc(C(C)(C)CC)cc1C(C)(C)CC)C(=O)N(O)c1ccccc1OC. The number of hydrogen-bond donors (Lipinski definition) is 1. The number of methoxy groups -OCH3 is 1. The van der Waals surface area contributed by atoms with Crippen LogP contribution in [0.3, 0.4) is 0 Å². The van der Waals surface area contributed by atoms with Crippen molar-refractivity contribution in [2.45, 2.75) is 84.7 Å². The molecule has 0 aromatic heterocycles. The van der Waals surface area contributed by atoms with E-state index in [9.17, 15) is 10.0 Å². The molecule has 0 bridgehead atoms. The van der Waals surface area contributed by atoms with Crippen molar-refractivity contribution in [1.82, 2.24) is 0 Å². The van der Waals surface area contributed by atoms with Crippen LogP contribution in [0.5, 0.6) is 11.5 Å². The van der Waals surface area contributed by atoms with Gasteiger partial charge in [-0.2, -0.15) is 5.06 Å². The molecule has 0 fully saturated rings. The van der Waals surface area contributed by atoms with E-state index in [1.165, 1.54) is 12.7 Å². The molecule has 0 spiro atoms. The highest BCUT2D eigenvalue weighted by atomic mass is 16.5. The molecule has 0 radical (unpaired) electrons. The third-order valence-corrected chi connectivity index (χ3v) is 6.70. The van der Waals surface area contributed by atoms with Crippen molar-refractivity contribution in [3.05, 3.63) is 53.6 Å². The van der Waals surface area contributed by atoms with Crippen LogP contribution in [0.15, 0.2) is 42.5 Å². The number of carbonyl (C=O) groups excluding carboxylic acids is 1. The monoisotopic (exact) mass is 441 g/mol. The van der Waals surface area contributed by atoms with Gasteiger partial charge in [0.05, 0.1) is 7.11 Å². The molecular formula is C27H39NO4. The molecule has 1 unspecified atom stereocenters. The highest BCUT2D eigenvalue weighted by Gasteiger charge is 2.31. The van der Waals surface area contributed by atoms with Crippen LogP contribution < -0.4 is 14.5 Å². The lowest BCUT2D eigenvalue weighted by molar-refractivity contribution is -0.130. The first-order valence-electron chi connectivity index (χ1n) is 11.5. The predicted molar refractivity (Wildman–Crippen MR) is 130 cm³/mol. The van der Waals surface area contributed by atoms with E-state index in [1.807, 2.05) is 13.0 Å². The van der Waals surface area contributed by atoms with Crippen molar-refractivity contribution in [3.63, 3.8) is 0 Å². The maximum absolute atomic E-state index is 13.1. The molecular weight excluding hydrogens is 402 g/mol. The summed E-state index contributed by atoms with van der Waals surface area (Å²) in [5.41, 5.74) is 2.53. The molecule has 5 nitrogen and oxygen atoms in total. The van der Waals surface area contributed by atoms with Crippen molar-refractivity contribution >= 4 is 11.6 Å². The summed E-state index contributed by atoms with van der Waals surface area (Å²) in [6.45, 7) is 15.1. The number of amides is 1. The maximum Gasteiger partial charge on any atom is 0.291 e. The quantitative estimate of drug-likeness (QED) is 0.331. The Hall–Kier alpha value is -2.53. The van der Waals surface area contributed by atoms with Gasteiger partial charge in [-0.05, 0) is 53.9 Å². The van der Waals surface area contributed by atoms with E-state index in [0.29, 0.717) is 23.0 Å². The summed E-state index contributed by atoms with van der Waals surface area (Å²) in [5, 5.41) is 11.3. The molecule has 1 atom stereocenters. The summed E-state index contributed by atoms with van der Waals surface area (Å²) in [4.78, 5) is 13.1. The predicted octanol–water partition coefficient (Wildman–Crippen LogP) is 6.65. The minimum absolute atomic E-state index is 0.0445. The van der Waals surface area contributed by atoms with Gasteiger partial charge >= 0.3 is 0 Å². The van der Waals surface area contributed by atoms with Crippen molar-refractivity contribution < 1.29 is 19.5 Å². The molecule has 1 amide bonds. The van der Waals surface area contributed by atoms with Gasteiger partial charge in [0.1, 0.15) is 17.2 Å². The maximum atomic E-state index is 13.1. The van der Waals surface area contributed by atoms with Gasteiger partial charge in [0.2, 0.25) is 0 Å². The molecule has 176 valence electrons. The van der Waals surface area contributed by atoms with Crippen molar-refractivity contribution in [2.24, 2.45) is 0 Å². The fraction of sp³-hybridized carbons (Fsp3) is 0.519. The Kier molecular flexibility index (Phi) is 8.35. The third kappa shape index (κ3) is 5.44. The van der Waals surface area contributed by atoms with E-state index >= 15 is 0 Å². The number of hydrogen-bond acceptors (Lipinski definition) is 4. The minimum Gasteiger partial charge on any atom is -0.494 e. The Balaban J connectivity index is 2.43. The van der Waals surface area contributed by atoms with Gasteiger partial charge in [0.25, 0.3) is 5.91 Å². The van der Waals surface area contributed by atoms with Crippen LogP contribution in [0.4, 0.5) is 5.69 Å². The zero-order valence-electron chi connectivity index (χ0n) is 20.9. The average molecular weight is 442 g/mol. The molecule has 1 N–H and O–H groups in total. The van der Waals surface area contributed by atoms with Crippen LogP contribution in [0.1, 0.15) is 78.9 Å². The van der Waals surface area contributed by atoms with Gasteiger partial charge in [-0.15, -0.1) is 0 Å².